The van der Waals surface area contributed by atoms with Crippen LogP contribution < -0.4 is 4.72 Å². The second-order valence-electron chi connectivity index (χ2n) is 3.14. The van der Waals surface area contributed by atoms with Gasteiger partial charge in [-0.25, -0.2) is 31.4 Å². The van der Waals surface area contributed by atoms with Gasteiger partial charge in [-0.05, 0) is 0 Å². The predicted molar refractivity (Wildman–Crippen MR) is 53.5 cm³/mol. The van der Waals surface area contributed by atoms with E-state index in [2.05, 4.69) is 15.2 Å². The highest BCUT2D eigenvalue weighted by Crippen LogP contribution is 2.21. The van der Waals surface area contributed by atoms with Crippen molar-refractivity contribution in [1.82, 2.24) is 15.2 Å². The molecule has 0 fully saturated rings. The largest absolute Gasteiger partial charge is 0.270 e. The van der Waals surface area contributed by atoms with Crippen molar-refractivity contribution in [3.8, 4) is 0 Å². The third kappa shape index (κ3) is 2.27. The third-order valence-corrected chi connectivity index (χ3v) is 3.27. The molecule has 2 aromatic rings. The van der Waals surface area contributed by atoms with Gasteiger partial charge < -0.3 is 0 Å². The van der Waals surface area contributed by atoms with Crippen LogP contribution in [0.25, 0.3) is 0 Å². The van der Waals surface area contributed by atoms with E-state index in [0.717, 1.165) is 6.33 Å². The highest BCUT2D eigenvalue weighted by molar-refractivity contribution is 7.92. The average molecular weight is 278 g/mol. The number of nitrogens with one attached hydrogen (secondary N) is 2. The lowest BCUT2D eigenvalue weighted by atomic mass is 10.3. The van der Waals surface area contributed by atoms with E-state index in [-0.39, 0.29) is 18.1 Å². The highest BCUT2D eigenvalue weighted by Gasteiger charge is 2.25. The molecule has 0 aliphatic rings. The molecule has 0 amide bonds. The van der Waals surface area contributed by atoms with Crippen molar-refractivity contribution in [2.24, 2.45) is 0 Å². The van der Waals surface area contributed by atoms with Crippen LogP contribution in [0, 0.1) is 17.5 Å². The molecular formula is C8H5F3N4O2S. The fourth-order valence-electron chi connectivity index (χ4n) is 1.22. The van der Waals surface area contributed by atoms with Crippen LogP contribution in [0.5, 0.6) is 0 Å². The number of halogens is 3. The first kappa shape index (κ1) is 12.4. The summed E-state index contributed by atoms with van der Waals surface area (Å²) in [7, 11) is -4.56. The number of aromatic amines is 1. The molecule has 2 rings (SSSR count). The maximum absolute atomic E-state index is 13.3. The van der Waals surface area contributed by atoms with E-state index in [0.29, 0.717) is 0 Å². The molecule has 0 radical (unpaired) electrons. The molecular weight excluding hydrogens is 273 g/mol. The van der Waals surface area contributed by atoms with Crippen LogP contribution in [-0.4, -0.2) is 23.6 Å². The first-order chi connectivity index (χ1) is 8.40. The van der Waals surface area contributed by atoms with E-state index in [1.54, 1.807) is 4.72 Å². The molecule has 1 heterocycles. The molecule has 18 heavy (non-hydrogen) atoms. The smallest absolute Gasteiger partial charge is 0.247 e. The Kier molecular flexibility index (Phi) is 2.95. The molecule has 0 saturated carbocycles. The van der Waals surface area contributed by atoms with Gasteiger partial charge in [0.1, 0.15) is 23.8 Å². The summed E-state index contributed by atoms with van der Waals surface area (Å²) in [6.07, 6.45) is 0.995. The van der Waals surface area contributed by atoms with Crippen LogP contribution in [0.15, 0.2) is 23.4 Å². The summed E-state index contributed by atoms with van der Waals surface area (Å²) >= 11 is 0. The van der Waals surface area contributed by atoms with E-state index in [1.807, 2.05) is 0 Å². The maximum atomic E-state index is 13.3. The minimum atomic E-state index is -4.56. The summed E-state index contributed by atoms with van der Waals surface area (Å²) in [6, 6.07) is 0.524. The number of anilines is 1. The zero-order chi connectivity index (χ0) is 13.3. The Bertz CT molecular complexity index is 649. The van der Waals surface area contributed by atoms with Crippen LogP contribution >= 0.6 is 0 Å². The number of hydrogen-bond donors (Lipinski definition) is 2. The Labute approximate surface area is 98.9 Å². The van der Waals surface area contributed by atoms with Crippen LogP contribution in [0.1, 0.15) is 0 Å². The van der Waals surface area contributed by atoms with Crippen molar-refractivity contribution >= 4 is 16.0 Å². The van der Waals surface area contributed by atoms with Crippen LogP contribution in [0.2, 0.25) is 0 Å². The van der Waals surface area contributed by atoms with Gasteiger partial charge in [-0.2, -0.15) is 10.1 Å². The second-order valence-corrected chi connectivity index (χ2v) is 4.76. The SMILES string of the molecule is O=S(=O)(Nc1ncn[nH]1)c1c(F)cc(F)cc1F. The van der Waals surface area contributed by atoms with Crippen LogP contribution in [0.3, 0.4) is 0 Å². The lowest BCUT2D eigenvalue weighted by Crippen LogP contribution is -2.17. The average Bonchev–Trinajstić information content (AvgIpc) is 2.66. The number of aromatic nitrogens is 3. The first-order valence-electron chi connectivity index (χ1n) is 4.43. The molecule has 0 unspecified atom stereocenters. The lowest BCUT2D eigenvalue weighted by molar-refractivity contribution is 0.498. The molecule has 96 valence electrons. The van der Waals surface area contributed by atoms with Crippen LogP contribution in [0.4, 0.5) is 19.1 Å². The van der Waals surface area contributed by atoms with Gasteiger partial charge in [0.15, 0.2) is 4.90 Å². The van der Waals surface area contributed by atoms with E-state index in [1.165, 1.54) is 0 Å². The molecule has 0 atom stereocenters. The molecule has 0 aliphatic carbocycles. The van der Waals surface area contributed by atoms with Crippen LogP contribution in [-0.2, 0) is 10.0 Å². The Morgan fingerprint density at radius 1 is 1.17 bits per heavy atom. The number of hydrogen-bond acceptors (Lipinski definition) is 4. The first-order valence-corrected chi connectivity index (χ1v) is 5.91. The Morgan fingerprint density at radius 2 is 1.78 bits per heavy atom. The molecule has 0 spiro atoms. The van der Waals surface area contributed by atoms with Crippen molar-refractivity contribution in [2.45, 2.75) is 4.90 Å². The van der Waals surface area contributed by atoms with Crippen molar-refractivity contribution < 1.29 is 21.6 Å². The van der Waals surface area contributed by atoms with E-state index in [9.17, 15) is 21.6 Å². The van der Waals surface area contributed by atoms with Gasteiger partial charge in [0.05, 0.1) is 0 Å². The molecule has 6 nitrogen and oxygen atoms in total. The number of sulfonamides is 1. The van der Waals surface area contributed by atoms with Crippen molar-refractivity contribution in [2.75, 3.05) is 4.72 Å². The van der Waals surface area contributed by atoms with Gasteiger partial charge in [0, 0.05) is 12.1 Å². The molecule has 0 bridgehead atoms. The maximum Gasteiger partial charge on any atom is 0.270 e. The molecule has 2 N–H and O–H groups in total. The van der Waals surface area contributed by atoms with Gasteiger partial charge in [0.2, 0.25) is 5.95 Å². The highest BCUT2D eigenvalue weighted by atomic mass is 32.2. The molecule has 0 aliphatic heterocycles. The topological polar surface area (TPSA) is 87.7 Å². The van der Waals surface area contributed by atoms with Gasteiger partial charge in [-0.1, -0.05) is 0 Å². The Balaban J connectivity index is 2.48. The van der Waals surface area contributed by atoms with E-state index >= 15 is 0 Å². The minimum Gasteiger partial charge on any atom is -0.247 e. The Morgan fingerprint density at radius 3 is 2.28 bits per heavy atom. The van der Waals surface area contributed by atoms with Crippen molar-refractivity contribution in [1.29, 1.82) is 0 Å². The fraction of sp³-hybridized carbons (Fsp3) is 0. The zero-order valence-electron chi connectivity index (χ0n) is 8.49. The third-order valence-electron chi connectivity index (χ3n) is 1.88. The normalized spacial score (nSPS) is 11.5. The number of H-pyrrole nitrogens is 1. The molecule has 1 aromatic heterocycles. The summed E-state index contributed by atoms with van der Waals surface area (Å²) in [4.78, 5) is 2.14. The Hall–Kier alpha value is -2.10. The number of rotatable bonds is 3. The fourth-order valence-corrected chi connectivity index (χ4v) is 2.30. The number of benzene rings is 1. The zero-order valence-corrected chi connectivity index (χ0v) is 9.30. The predicted octanol–water partition coefficient (Wildman–Crippen LogP) is 1.02. The molecule has 10 heteroatoms. The summed E-state index contributed by atoms with van der Waals surface area (Å²) < 4.78 is 64.3. The van der Waals surface area contributed by atoms with E-state index in [4.69, 9.17) is 0 Å². The van der Waals surface area contributed by atoms with Crippen molar-refractivity contribution in [3.05, 3.63) is 35.9 Å². The van der Waals surface area contributed by atoms with Gasteiger partial charge in [-0.3, -0.25) is 0 Å². The second kappa shape index (κ2) is 4.29. The number of nitrogens with zero attached hydrogens (tertiary/aromatic N) is 2. The van der Waals surface area contributed by atoms with Crippen molar-refractivity contribution in [3.63, 3.8) is 0 Å². The summed E-state index contributed by atoms with van der Waals surface area (Å²) in [5.41, 5.74) is 0. The molecule has 0 saturated heterocycles. The van der Waals surface area contributed by atoms with Gasteiger partial charge in [-0.15, -0.1) is 0 Å². The summed E-state index contributed by atoms with van der Waals surface area (Å²) in [5.74, 6) is -4.62. The van der Waals surface area contributed by atoms with E-state index < -0.39 is 32.4 Å². The summed E-state index contributed by atoms with van der Waals surface area (Å²) in [6.45, 7) is 0. The quantitative estimate of drug-likeness (QED) is 0.877. The molecule has 1 aromatic carbocycles. The lowest BCUT2D eigenvalue weighted by Gasteiger charge is -2.07. The van der Waals surface area contributed by atoms with Gasteiger partial charge in [0.25, 0.3) is 10.0 Å². The monoisotopic (exact) mass is 278 g/mol. The minimum absolute atomic E-state index is 0.262. The standard InChI is InChI=1S/C8H5F3N4O2S/c9-4-1-5(10)7(6(11)2-4)18(16,17)15-8-12-3-13-14-8/h1-3H,(H2,12,13,14,15). The van der Waals surface area contributed by atoms with Gasteiger partial charge >= 0.3 is 0 Å². The summed E-state index contributed by atoms with van der Waals surface area (Å²) in [5, 5.41) is 5.49.